The monoisotopic (exact) mass is 424 g/mol. The molecule has 1 fully saturated rings. The van der Waals surface area contributed by atoms with Crippen molar-refractivity contribution in [3.8, 4) is 0 Å². The number of hydrogen-bond donors (Lipinski definition) is 1. The van der Waals surface area contributed by atoms with Gasteiger partial charge in [0.05, 0.1) is 35.7 Å². The quantitative estimate of drug-likeness (QED) is 0.821. The molecule has 2 aliphatic heterocycles. The van der Waals surface area contributed by atoms with Crippen molar-refractivity contribution in [2.24, 2.45) is 7.05 Å². The molecule has 0 aliphatic carbocycles. The van der Waals surface area contributed by atoms with Crippen molar-refractivity contribution in [3.05, 3.63) is 44.9 Å². The molecule has 1 amide bonds. The summed E-state index contributed by atoms with van der Waals surface area (Å²) in [6.45, 7) is 3.31. The van der Waals surface area contributed by atoms with Crippen molar-refractivity contribution < 1.29 is 9.53 Å². The fraction of sp³-hybridized carbons (Fsp3) is 0.412. The molecule has 8 heteroatoms. The Bertz CT molecular complexity index is 834. The highest BCUT2D eigenvalue weighted by Gasteiger charge is 2.32. The van der Waals surface area contributed by atoms with Crippen molar-refractivity contribution in [2.75, 3.05) is 25.1 Å². The van der Waals surface area contributed by atoms with Gasteiger partial charge < -0.3 is 14.6 Å². The van der Waals surface area contributed by atoms with E-state index in [2.05, 4.69) is 31.1 Å². The third-order valence-corrected chi connectivity index (χ3v) is 6.12. The second-order valence-electron chi connectivity index (χ2n) is 6.36. The minimum atomic E-state index is -0.254. The third-order valence-electron chi connectivity index (χ3n) is 4.82. The van der Waals surface area contributed by atoms with Crippen LogP contribution in [0.5, 0.6) is 0 Å². The Kier molecular flexibility index (Phi) is 4.58. The number of aromatic nitrogens is 2. The Morgan fingerprint density at radius 1 is 1.44 bits per heavy atom. The van der Waals surface area contributed by atoms with Gasteiger partial charge in [0.2, 0.25) is 0 Å². The van der Waals surface area contributed by atoms with E-state index in [0.717, 1.165) is 48.6 Å². The molecule has 0 bridgehead atoms. The SMILES string of the molecule is Cn1c(C(=O)Nc2cccc(Br)c2Cl)nc2c1CCN(C1COC1)C2. The van der Waals surface area contributed by atoms with Crippen molar-refractivity contribution in [1.82, 2.24) is 14.5 Å². The molecule has 2 aliphatic rings. The molecular weight excluding hydrogens is 408 g/mol. The van der Waals surface area contributed by atoms with E-state index in [1.807, 2.05) is 23.7 Å². The predicted molar refractivity (Wildman–Crippen MR) is 99.0 cm³/mol. The van der Waals surface area contributed by atoms with Crippen LogP contribution in [0.2, 0.25) is 5.02 Å². The smallest absolute Gasteiger partial charge is 0.291 e. The maximum absolute atomic E-state index is 12.7. The largest absolute Gasteiger partial charge is 0.378 e. The first-order valence-corrected chi connectivity index (χ1v) is 9.33. The van der Waals surface area contributed by atoms with Crippen molar-refractivity contribution in [3.63, 3.8) is 0 Å². The summed E-state index contributed by atoms with van der Waals surface area (Å²) in [5.74, 6) is 0.156. The molecule has 0 unspecified atom stereocenters. The van der Waals surface area contributed by atoms with Gasteiger partial charge in [-0.1, -0.05) is 17.7 Å². The lowest BCUT2D eigenvalue weighted by molar-refractivity contribution is -0.0700. The number of rotatable bonds is 3. The molecule has 6 nitrogen and oxygen atoms in total. The van der Waals surface area contributed by atoms with Gasteiger partial charge in [-0.3, -0.25) is 9.69 Å². The van der Waals surface area contributed by atoms with E-state index in [-0.39, 0.29) is 5.91 Å². The summed E-state index contributed by atoms with van der Waals surface area (Å²) in [5.41, 5.74) is 2.67. The maximum Gasteiger partial charge on any atom is 0.291 e. The van der Waals surface area contributed by atoms with Gasteiger partial charge >= 0.3 is 0 Å². The molecule has 1 aromatic carbocycles. The summed E-state index contributed by atoms with van der Waals surface area (Å²) >= 11 is 9.60. The molecule has 0 radical (unpaired) electrons. The first-order chi connectivity index (χ1) is 12.0. The fourth-order valence-corrected chi connectivity index (χ4v) is 3.82. The van der Waals surface area contributed by atoms with Gasteiger partial charge in [0, 0.05) is 36.7 Å². The molecule has 0 spiro atoms. The maximum atomic E-state index is 12.7. The van der Waals surface area contributed by atoms with E-state index in [0.29, 0.717) is 22.6 Å². The lowest BCUT2D eigenvalue weighted by Crippen LogP contribution is -2.50. The van der Waals surface area contributed by atoms with Gasteiger partial charge in [0.15, 0.2) is 5.82 Å². The van der Waals surface area contributed by atoms with Gasteiger partial charge in [-0.2, -0.15) is 0 Å². The first-order valence-electron chi connectivity index (χ1n) is 8.16. The second-order valence-corrected chi connectivity index (χ2v) is 7.59. The highest BCUT2D eigenvalue weighted by molar-refractivity contribution is 9.10. The van der Waals surface area contributed by atoms with Crippen LogP contribution < -0.4 is 5.32 Å². The van der Waals surface area contributed by atoms with Crippen LogP contribution in [0.25, 0.3) is 0 Å². The molecule has 4 rings (SSSR count). The zero-order valence-corrected chi connectivity index (χ0v) is 16.1. The lowest BCUT2D eigenvalue weighted by atomic mass is 10.1. The number of ether oxygens (including phenoxy) is 1. The van der Waals surface area contributed by atoms with Crippen molar-refractivity contribution in [1.29, 1.82) is 0 Å². The molecule has 1 aromatic heterocycles. The number of carbonyl (C=O) groups excluding carboxylic acids is 1. The molecule has 1 saturated heterocycles. The molecule has 0 atom stereocenters. The number of nitrogens with zero attached hydrogens (tertiary/aromatic N) is 3. The molecule has 3 heterocycles. The number of halogens is 2. The first kappa shape index (κ1) is 17.0. The van der Waals surface area contributed by atoms with Gasteiger partial charge in [0.1, 0.15) is 0 Å². The standard InChI is InChI=1S/C17H18BrClN4O2/c1-22-14-5-6-23(10-8-25-9-10)7-13(14)20-16(22)17(24)21-12-4-2-3-11(18)15(12)19/h2-4,10H,5-9H2,1H3,(H,21,24). The Morgan fingerprint density at radius 2 is 2.24 bits per heavy atom. The summed E-state index contributed by atoms with van der Waals surface area (Å²) < 4.78 is 7.92. The molecule has 1 N–H and O–H groups in total. The summed E-state index contributed by atoms with van der Waals surface area (Å²) in [5, 5.41) is 3.33. The number of hydrogen-bond acceptors (Lipinski definition) is 4. The predicted octanol–water partition coefficient (Wildman–Crippen LogP) is 2.85. The van der Waals surface area contributed by atoms with Crippen LogP contribution in [-0.2, 0) is 24.8 Å². The van der Waals surface area contributed by atoms with Crippen LogP contribution in [0.3, 0.4) is 0 Å². The number of nitrogens with one attached hydrogen (secondary N) is 1. The number of fused-ring (bicyclic) bond motifs is 1. The van der Waals surface area contributed by atoms with E-state index >= 15 is 0 Å². The highest BCUT2D eigenvalue weighted by Crippen LogP contribution is 2.30. The minimum Gasteiger partial charge on any atom is -0.378 e. The van der Waals surface area contributed by atoms with Crippen molar-refractivity contribution >= 4 is 39.1 Å². The van der Waals surface area contributed by atoms with E-state index in [4.69, 9.17) is 16.3 Å². The van der Waals surface area contributed by atoms with Gasteiger partial charge in [-0.15, -0.1) is 0 Å². The van der Waals surface area contributed by atoms with E-state index < -0.39 is 0 Å². The Morgan fingerprint density at radius 3 is 2.96 bits per heavy atom. The summed E-state index contributed by atoms with van der Waals surface area (Å²) in [6.07, 6.45) is 0.889. The molecule has 132 valence electrons. The third kappa shape index (κ3) is 3.10. The molecule has 25 heavy (non-hydrogen) atoms. The Labute approximate surface area is 159 Å². The molecular formula is C17H18BrClN4O2. The average molecular weight is 426 g/mol. The highest BCUT2D eigenvalue weighted by atomic mass is 79.9. The van der Waals surface area contributed by atoms with Crippen molar-refractivity contribution in [2.45, 2.75) is 19.0 Å². The van der Waals surface area contributed by atoms with Crippen LogP contribution in [0.1, 0.15) is 22.0 Å². The lowest BCUT2D eigenvalue weighted by Gasteiger charge is -2.39. The average Bonchev–Trinajstić information content (AvgIpc) is 2.87. The number of amides is 1. The number of imidazole rings is 1. The summed E-state index contributed by atoms with van der Waals surface area (Å²) in [6, 6.07) is 5.91. The normalized spacial score (nSPS) is 17.9. The van der Waals surface area contributed by atoms with Crippen LogP contribution in [-0.4, -0.2) is 46.2 Å². The van der Waals surface area contributed by atoms with Gasteiger partial charge in [-0.05, 0) is 28.1 Å². The van der Waals surface area contributed by atoms with Crippen LogP contribution in [0.15, 0.2) is 22.7 Å². The summed E-state index contributed by atoms with van der Waals surface area (Å²) in [7, 11) is 1.89. The Balaban J connectivity index is 1.56. The zero-order valence-electron chi connectivity index (χ0n) is 13.8. The van der Waals surface area contributed by atoms with Gasteiger partial charge in [0.25, 0.3) is 5.91 Å². The number of benzene rings is 1. The van der Waals surface area contributed by atoms with E-state index in [1.54, 1.807) is 6.07 Å². The van der Waals surface area contributed by atoms with Crippen LogP contribution >= 0.6 is 27.5 Å². The van der Waals surface area contributed by atoms with Crippen LogP contribution in [0.4, 0.5) is 5.69 Å². The fourth-order valence-electron chi connectivity index (χ4n) is 3.28. The minimum absolute atomic E-state index is 0.254. The van der Waals surface area contributed by atoms with E-state index in [9.17, 15) is 4.79 Å². The molecule has 0 saturated carbocycles. The number of carbonyl (C=O) groups is 1. The topological polar surface area (TPSA) is 59.4 Å². The zero-order chi connectivity index (χ0) is 17.6. The molecule has 2 aromatic rings. The van der Waals surface area contributed by atoms with E-state index in [1.165, 1.54) is 0 Å². The Hall–Kier alpha value is -1.41. The van der Waals surface area contributed by atoms with Gasteiger partial charge in [-0.25, -0.2) is 4.98 Å². The second kappa shape index (κ2) is 6.72. The number of anilines is 1. The van der Waals surface area contributed by atoms with Crippen LogP contribution in [0, 0.1) is 0 Å². The summed E-state index contributed by atoms with van der Waals surface area (Å²) in [4.78, 5) is 19.7.